The summed E-state index contributed by atoms with van der Waals surface area (Å²) in [6, 6.07) is 0. The summed E-state index contributed by atoms with van der Waals surface area (Å²) in [6.07, 6.45) is 5.30. The highest BCUT2D eigenvalue weighted by molar-refractivity contribution is 5.93. The Labute approximate surface area is 125 Å². The molecule has 2 N–H and O–H groups in total. The van der Waals surface area contributed by atoms with Gasteiger partial charge in [0, 0.05) is 13.3 Å². The number of carbonyl (C=O) groups excluding carboxylic acids is 1. The number of hydrogen-bond donors (Lipinski definition) is 1. The van der Waals surface area contributed by atoms with Crippen LogP contribution in [0.25, 0.3) is 0 Å². The van der Waals surface area contributed by atoms with E-state index < -0.39 is 11.6 Å². The molecule has 21 heavy (non-hydrogen) atoms. The van der Waals surface area contributed by atoms with E-state index in [-0.39, 0.29) is 11.4 Å². The average molecular weight is 293 g/mol. The lowest BCUT2D eigenvalue weighted by molar-refractivity contribution is -0.0596. The standard InChI is InChI=1S/C15H23N3O3/c1-4-21-13(19)11-9-17-14(18-12(11)16)15(20-3)7-5-10(2)6-8-15/h9-10H,4-8H2,1-3H3,(H2,16,17,18). The van der Waals surface area contributed by atoms with Crippen molar-refractivity contribution in [2.24, 2.45) is 5.92 Å². The number of rotatable bonds is 4. The van der Waals surface area contributed by atoms with Crippen LogP contribution in [0, 0.1) is 5.92 Å². The number of nitrogens with two attached hydrogens (primary N) is 1. The number of anilines is 1. The van der Waals surface area contributed by atoms with Crippen LogP contribution in [0.2, 0.25) is 0 Å². The summed E-state index contributed by atoms with van der Waals surface area (Å²) in [5.41, 5.74) is 5.61. The number of hydrogen-bond acceptors (Lipinski definition) is 6. The molecular weight excluding hydrogens is 270 g/mol. The Kier molecular flexibility index (Phi) is 4.77. The van der Waals surface area contributed by atoms with E-state index in [4.69, 9.17) is 15.2 Å². The maximum atomic E-state index is 11.7. The zero-order chi connectivity index (χ0) is 15.5. The van der Waals surface area contributed by atoms with E-state index in [0.717, 1.165) is 25.7 Å². The molecule has 1 aliphatic rings. The molecule has 6 heteroatoms. The number of nitrogen functional groups attached to an aromatic ring is 1. The third-order valence-electron chi connectivity index (χ3n) is 4.19. The van der Waals surface area contributed by atoms with Gasteiger partial charge in [0.25, 0.3) is 0 Å². The molecule has 0 saturated heterocycles. The van der Waals surface area contributed by atoms with Crippen LogP contribution in [-0.2, 0) is 15.1 Å². The van der Waals surface area contributed by atoms with Crippen LogP contribution in [0.15, 0.2) is 6.20 Å². The largest absolute Gasteiger partial charge is 0.462 e. The van der Waals surface area contributed by atoms with Crippen molar-refractivity contribution < 1.29 is 14.3 Å². The summed E-state index contributed by atoms with van der Waals surface area (Å²) < 4.78 is 10.6. The van der Waals surface area contributed by atoms with Gasteiger partial charge in [0.15, 0.2) is 5.82 Å². The van der Waals surface area contributed by atoms with E-state index in [1.165, 1.54) is 6.20 Å². The molecule has 2 rings (SSSR count). The molecule has 0 radical (unpaired) electrons. The Morgan fingerprint density at radius 2 is 2.14 bits per heavy atom. The van der Waals surface area contributed by atoms with Crippen LogP contribution in [-0.4, -0.2) is 29.7 Å². The molecule has 0 aromatic carbocycles. The number of methoxy groups -OCH3 is 1. The third-order valence-corrected chi connectivity index (χ3v) is 4.19. The van der Waals surface area contributed by atoms with E-state index in [1.54, 1.807) is 14.0 Å². The van der Waals surface area contributed by atoms with Crippen LogP contribution in [0.4, 0.5) is 5.82 Å². The molecule has 1 heterocycles. The number of esters is 1. The van der Waals surface area contributed by atoms with E-state index in [0.29, 0.717) is 18.3 Å². The van der Waals surface area contributed by atoms with E-state index in [1.807, 2.05) is 0 Å². The third kappa shape index (κ3) is 3.15. The predicted octanol–water partition coefficient (Wildman–Crippen LogP) is 2.29. The molecule has 1 saturated carbocycles. The van der Waals surface area contributed by atoms with Crippen LogP contribution in [0.3, 0.4) is 0 Å². The zero-order valence-electron chi connectivity index (χ0n) is 12.9. The number of carbonyl (C=O) groups is 1. The Morgan fingerprint density at radius 1 is 1.48 bits per heavy atom. The fourth-order valence-electron chi connectivity index (χ4n) is 2.73. The molecule has 0 unspecified atom stereocenters. The van der Waals surface area contributed by atoms with Gasteiger partial charge in [0.2, 0.25) is 0 Å². The first-order chi connectivity index (χ1) is 10.0. The Hall–Kier alpha value is -1.69. The summed E-state index contributed by atoms with van der Waals surface area (Å²) in [7, 11) is 1.68. The normalized spacial score (nSPS) is 25.6. The molecule has 0 spiro atoms. The summed E-state index contributed by atoms with van der Waals surface area (Å²) in [5.74, 6) is 0.894. The maximum Gasteiger partial charge on any atom is 0.343 e. The van der Waals surface area contributed by atoms with E-state index in [9.17, 15) is 4.79 Å². The minimum atomic E-state index is -0.495. The molecule has 1 fully saturated rings. The minimum Gasteiger partial charge on any atom is -0.462 e. The van der Waals surface area contributed by atoms with E-state index in [2.05, 4.69) is 16.9 Å². The van der Waals surface area contributed by atoms with Gasteiger partial charge in [-0.2, -0.15) is 0 Å². The highest BCUT2D eigenvalue weighted by Gasteiger charge is 2.39. The molecule has 6 nitrogen and oxygen atoms in total. The van der Waals surface area contributed by atoms with Gasteiger partial charge in [-0.25, -0.2) is 14.8 Å². The quantitative estimate of drug-likeness (QED) is 0.857. The molecule has 1 aliphatic carbocycles. The van der Waals surface area contributed by atoms with Gasteiger partial charge >= 0.3 is 5.97 Å². The minimum absolute atomic E-state index is 0.147. The van der Waals surface area contributed by atoms with Gasteiger partial charge in [-0.3, -0.25) is 0 Å². The van der Waals surface area contributed by atoms with Crippen LogP contribution < -0.4 is 5.73 Å². The van der Waals surface area contributed by atoms with Crippen molar-refractivity contribution in [1.82, 2.24) is 9.97 Å². The van der Waals surface area contributed by atoms with Gasteiger partial charge in [-0.05, 0) is 38.5 Å². The summed E-state index contributed by atoms with van der Waals surface area (Å²) in [5, 5.41) is 0. The number of aromatic nitrogens is 2. The van der Waals surface area contributed by atoms with Gasteiger partial charge in [0.1, 0.15) is 17.0 Å². The predicted molar refractivity (Wildman–Crippen MR) is 78.7 cm³/mol. The van der Waals surface area contributed by atoms with Crippen molar-refractivity contribution in [2.75, 3.05) is 19.5 Å². The number of ether oxygens (including phenoxy) is 2. The fourth-order valence-corrected chi connectivity index (χ4v) is 2.73. The second-order valence-electron chi connectivity index (χ2n) is 5.59. The van der Waals surface area contributed by atoms with Crippen molar-refractivity contribution in [2.45, 2.75) is 45.1 Å². The summed E-state index contributed by atoms with van der Waals surface area (Å²) in [6.45, 7) is 4.27. The van der Waals surface area contributed by atoms with Crippen LogP contribution in [0.1, 0.15) is 55.7 Å². The fraction of sp³-hybridized carbons (Fsp3) is 0.667. The highest BCUT2D eigenvalue weighted by atomic mass is 16.5. The van der Waals surface area contributed by atoms with E-state index >= 15 is 0 Å². The van der Waals surface area contributed by atoms with Gasteiger partial charge in [-0.15, -0.1) is 0 Å². The number of nitrogens with zero attached hydrogens (tertiary/aromatic N) is 2. The van der Waals surface area contributed by atoms with Crippen molar-refractivity contribution in [3.63, 3.8) is 0 Å². The smallest absolute Gasteiger partial charge is 0.343 e. The second-order valence-corrected chi connectivity index (χ2v) is 5.59. The lowest BCUT2D eigenvalue weighted by Crippen LogP contribution is -2.35. The Bertz CT molecular complexity index is 511. The van der Waals surface area contributed by atoms with Gasteiger partial charge < -0.3 is 15.2 Å². The molecule has 0 atom stereocenters. The molecule has 116 valence electrons. The van der Waals surface area contributed by atoms with Gasteiger partial charge in [-0.1, -0.05) is 6.92 Å². The molecule has 0 bridgehead atoms. The molecule has 0 amide bonds. The topological polar surface area (TPSA) is 87.3 Å². The Morgan fingerprint density at radius 3 is 2.67 bits per heavy atom. The lowest BCUT2D eigenvalue weighted by Gasteiger charge is -2.36. The van der Waals surface area contributed by atoms with Crippen LogP contribution in [0.5, 0.6) is 0 Å². The van der Waals surface area contributed by atoms with Crippen molar-refractivity contribution in [3.8, 4) is 0 Å². The van der Waals surface area contributed by atoms with Crippen molar-refractivity contribution in [3.05, 3.63) is 17.6 Å². The molecule has 1 aromatic rings. The lowest BCUT2D eigenvalue weighted by atomic mass is 9.79. The zero-order valence-corrected chi connectivity index (χ0v) is 12.9. The first-order valence-electron chi connectivity index (χ1n) is 7.37. The van der Waals surface area contributed by atoms with Gasteiger partial charge in [0.05, 0.1) is 6.61 Å². The molecule has 0 aliphatic heterocycles. The summed E-state index contributed by atoms with van der Waals surface area (Å²) >= 11 is 0. The van der Waals surface area contributed by atoms with Crippen molar-refractivity contribution >= 4 is 11.8 Å². The monoisotopic (exact) mass is 293 g/mol. The first-order valence-corrected chi connectivity index (χ1v) is 7.37. The SMILES string of the molecule is CCOC(=O)c1cnc(C2(OC)CCC(C)CC2)nc1N. The average Bonchev–Trinajstić information content (AvgIpc) is 2.48. The first kappa shape index (κ1) is 15.7. The van der Waals surface area contributed by atoms with Crippen molar-refractivity contribution in [1.29, 1.82) is 0 Å². The molecule has 1 aromatic heterocycles. The molecular formula is C15H23N3O3. The Balaban J connectivity index is 2.28. The highest BCUT2D eigenvalue weighted by Crippen LogP contribution is 2.40. The maximum absolute atomic E-state index is 11.7. The second kappa shape index (κ2) is 6.39. The summed E-state index contributed by atoms with van der Waals surface area (Å²) in [4.78, 5) is 20.4. The van der Waals surface area contributed by atoms with Crippen LogP contribution >= 0.6 is 0 Å².